The summed E-state index contributed by atoms with van der Waals surface area (Å²) in [7, 11) is 1.62. The van der Waals surface area contributed by atoms with Crippen molar-refractivity contribution in [2.75, 3.05) is 20.2 Å². The minimum atomic E-state index is 0.566. The van der Waals surface area contributed by atoms with Crippen LogP contribution in [0.1, 0.15) is 18.9 Å². The van der Waals surface area contributed by atoms with E-state index in [2.05, 4.69) is 17.4 Å². The van der Waals surface area contributed by atoms with E-state index in [1.807, 2.05) is 24.3 Å². The summed E-state index contributed by atoms with van der Waals surface area (Å²) in [5.41, 5.74) is 1.53. The first kappa shape index (κ1) is 12.5. The number of nitrogens with zero attached hydrogens (tertiary/aromatic N) is 1. The Balaban J connectivity index is 2.64. The van der Waals surface area contributed by atoms with Crippen molar-refractivity contribution in [2.45, 2.75) is 13.3 Å². The highest BCUT2D eigenvalue weighted by molar-refractivity contribution is 6.01. The Morgan fingerprint density at radius 1 is 1.38 bits per heavy atom. The summed E-state index contributed by atoms with van der Waals surface area (Å²) < 4.78 is 5.06. The Hall–Kier alpha value is -1.55. The standard InChI is InChI=1S/C12H18N2O2/c1-3-8-13-9-12(14-15)10-4-6-11(16-2)7-5-10/h4-7,13,15H,3,8-9H2,1-2H3/b14-12+. The third-order valence-corrected chi connectivity index (χ3v) is 2.26. The lowest BCUT2D eigenvalue weighted by atomic mass is 10.1. The third kappa shape index (κ3) is 3.55. The lowest BCUT2D eigenvalue weighted by Crippen LogP contribution is -2.24. The van der Waals surface area contributed by atoms with E-state index in [0.29, 0.717) is 12.3 Å². The average molecular weight is 222 g/mol. The molecule has 4 nitrogen and oxygen atoms in total. The van der Waals surface area contributed by atoms with Crippen LogP contribution in [-0.4, -0.2) is 31.1 Å². The number of ether oxygens (including phenoxy) is 1. The Bertz CT molecular complexity index is 333. The van der Waals surface area contributed by atoms with Gasteiger partial charge in [-0.15, -0.1) is 0 Å². The van der Waals surface area contributed by atoms with Gasteiger partial charge in [-0.1, -0.05) is 12.1 Å². The predicted molar refractivity (Wildman–Crippen MR) is 64.5 cm³/mol. The van der Waals surface area contributed by atoms with Gasteiger partial charge in [0, 0.05) is 12.1 Å². The number of hydrogen-bond donors (Lipinski definition) is 2. The molecule has 0 saturated carbocycles. The van der Waals surface area contributed by atoms with Crippen LogP contribution in [0.2, 0.25) is 0 Å². The SMILES string of the molecule is CCCNC/C(=N\O)c1ccc(OC)cc1. The van der Waals surface area contributed by atoms with Gasteiger partial charge in [0.1, 0.15) is 11.5 Å². The highest BCUT2D eigenvalue weighted by atomic mass is 16.5. The number of nitrogens with one attached hydrogen (secondary N) is 1. The van der Waals surface area contributed by atoms with E-state index in [9.17, 15) is 0 Å². The van der Waals surface area contributed by atoms with E-state index in [-0.39, 0.29) is 0 Å². The second kappa shape index (κ2) is 6.85. The Morgan fingerprint density at radius 3 is 2.56 bits per heavy atom. The van der Waals surface area contributed by atoms with Crippen LogP contribution in [0.5, 0.6) is 5.75 Å². The minimum Gasteiger partial charge on any atom is -0.497 e. The minimum absolute atomic E-state index is 0.566. The smallest absolute Gasteiger partial charge is 0.118 e. The van der Waals surface area contributed by atoms with E-state index in [0.717, 1.165) is 24.3 Å². The van der Waals surface area contributed by atoms with Gasteiger partial charge in [-0.2, -0.15) is 0 Å². The lowest BCUT2D eigenvalue weighted by Gasteiger charge is -2.06. The van der Waals surface area contributed by atoms with Gasteiger partial charge in [0.05, 0.1) is 7.11 Å². The lowest BCUT2D eigenvalue weighted by molar-refractivity contribution is 0.318. The van der Waals surface area contributed by atoms with Gasteiger partial charge in [0.2, 0.25) is 0 Å². The third-order valence-electron chi connectivity index (χ3n) is 2.26. The maximum Gasteiger partial charge on any atom is 0.118 e. The first-order valence-electron chi connectivity index (χ1n) is 5.38. The monoisotopic (exact) mass is 222 g/mol. The predicted octanol–water partition coefficient (Wildman–Crippen LogP) is 1.87. The highest BCUT2D eigenvalue weighted by Gasteiger charge is 2.03. The zero-order chi connectivity index (χ0) is 11.8. The zero-order valence-electron chi connectivity index (χ0n) is 9.73. The molecule has 0 aromatic heterocycles. The van der Waals surface area contributed by atoms with Gasteiger partial charge >= 0.3 is 0 Å². The largest absolute Gasteiger partial charge is 0.497 e. The number of oxime groups is 1. The maximum absolute atomic E-state index is 8.92. The summed E-state index contributed by atoms with van der Waals surface area (Å²) in [6, 6.07) is 7.45. The molecule has 0 amide bonds. The summed E-state index contributed by atoms with van der Waals surface area (Å²) in [5, 5.41) is 15.4. The summed E-state index contributed by atoms with van der Waals surface area (Å²) >= 11 is 0. The van der Waals surface area contributed by atoms with E-state index < -0.39 is 0 Å². The van der Waals surface area contributed by atoms with Crippen LogP contribution < -0.4 is 10.1 Å². The molecule has 0 aliphatic rings. The van der Waals surface area contributed by atoms with Crippen LogP contribution in [0.3, 0.4) is 0 Å². The Morgan fingerprint density at radius 2 is 2.06 bits per heavy atom. The molecule has 0 spiro atoms. The first-order valence-corrected chi connectivity index (χ1v) is 5.38. The van der Waals surface area contributed by atoms with Gasteiger partial charge in [-0.3, -0.25) is 0 Å². The fraction of sp³-hybridized carbons (Fsp3) is 0.417. The van der Waals surface area contributed by atoms with Crippen molar-refractivity contribution in [3.63, 3.8) is 0 Å². The van der Waals surface area contributed by atoms with Crippen molar-refractivity contribution in [1.29, 1.82) is 0 Å². The van der Waals surface area contributed by atoms with E-state index in [1.165, 1.54) is 0 Å². The molecule has 1 aromatic carbocycles. The summed E-state index contributed by atoms with van der Waals surface area (Å²) in [5.74, 6) is 0.794. The van der Waals surface area contributed by atoms with Gasteiger partial charge in [-0.05, 0) is 37.2 Å². The molecule has 0 aliphatic heterocycles. The zero-order valence-corrected chi connectivity index (χ0v) is 9.73. The molecule has 4 heteroatoms. The van der Waals surface area contributed by atoms with Crippen LogP contribution in [0.15, 0.2) is 29.4 Å². The molecule has 0 bridgehead atoms. The second-order valence-electron chi connectivity index (χ2n) is 3.45. The topological polar surface area (TPSA) is 53.9 Å². The molecular weight excluding hydrogens is 204 g/mol. The van der Waals surface area contributed by atoms with Crippen LogP contribution >= 0.6 is 0 Å². The second-order valence-corrected chi connectivity index (χ2v) is 3.45. The molecule has 0 heterocycles. The van der Waals surface area contributed by atoms with Crippen LogP contribution in [0, 0.1) is 0 Å². The van der Waals surface area contributed by atoms with Gasteiger partial charge in [-0.25, -0.2) is 0 Å². The number of hydrogen-bond acceptors (Lipinski definition) is 4. The molecule has 1 rings (SSSR count). The normalized spacial score (nSPS) is 11.5. The van der Waals surface area contributed by atoms with Gasteiger partial charge in [0.15, 0.2) is 0 Å². The van der Waals surface area contributed by atoms with Crippen molar-refractivity contribution >= 4 is 5.71 Å². The fourth-order valence-electron chi connectivity index (χ4n) is 1.36. The maximum atomic E-state index is 8.92. The Kier molecular flexibility index (Phi) is 5.36. The molecule has 88 valence electrons. The van der Waals surface area contributed by atoms with Crippen molar-refractivity contribution in [1.82, 2.24) is 5.32 Å². The molecule has 0 fully saturated rings. The van der Waals surface area contributed by atoms with Gasteiger partial charge < -0.3 is 15.3 Å². The number of benzene rings is 1. The summed E-state index contributed by atoms with van der Waals surface area (Å²) in [6.07, 6.45) is 1.06. The van der Waals surface area contributed by atoms with Crippen molar-refractivity contribution in [2.24, 2.45) is 5.16 Å². The fourth-order valence-corrected chi connectivity index (χ4v) is 1.36. The van der Waals surface area contributed by atoms with Gasteiger partial charge in [0.25, 0.3) is 0 Å². The van der Waals surface area contributed by atoms with E-state index in [4.69, 9.17) is 9.94 Å². The molecular formula is C12H18N2O2. The summed E-state index contributed by atoms with van der Waals surface area (Å²) in [4.78, 5) is 0. The van der Waals surface area contributed by atoms with Crippen molar-refractivity contribution in [3.8, 4) is 5.75 Å². The molecule has 0 saturated heterocycles. The van der Waals surface area contributed by atoms with Crippen LogP contribution in [-0.2, 0) is 0 Å². The quantitative estimate of drug-likeness (QED) is 0.334. The summed E-state index contributed by atoms with van der Waals surface area (Å²) in [6.45, 7) is 3.57. The van der Waals surface area contributed by atoms with Crippen LogP contribution in [0.25, 0.3) is 0 Å². The van der Waals surface area contributed by atoms with E-state index in [1.54, 1.807) is 7.11 Å². The van der Waals surface area contributed by atoms with Crippen molar-refractivity contribution in [3.05, 3.63) is 29.8 Å². The molecule has 0 radical (unpaired) electrons. The number of methoxy groups -OCH3 is 1. The van der Waals surface area contributed by atoms with E-state index >= 15 is 0 Å². The molecule has 2 N–H and O–H groups in total. The van der Waals surface area contributed by atoms with Crippen LogP contribution in [0.4, 0.5) is 0 Å². The Labute approximate surface area is 95.9 Å². The first-order chi connectivity index (χ1) is 7.81. The molecule has 0 unspecified atom stereocenters. The molecule has 0 aliphatic carbocycles. The molecule has 1 aromatic rings. The molecule has 16 heavy (non-hydrogen) atoms. The average Bonchev–Trinajstić information content (AvgIpc) is 2.35. The number of rotatable bonds is 6. The highest BCUT2D eigenvalue weighted by Crippen LogP contribution is 2.11. The van der Waals surface area contributed by atoms with Crippen molar-refractivity contribution < 1.29 is 9.94 Å². The molecule has 0 atom stereocenters.